The van der Waals surface area contributed by atoms with Crippen LogP contribution < -0.4 is 0 Å². The van der Waals surface area contributed by atoms with Gasteiger partial charge in [0.05, 0.1) is 6.21 Å². The summed E-state index contributed by atoms with van der Waals surface area (Å²) in [5.41, 5.74) is 1.97. The quantitative estimate of drug-likeness (QED) is 0.439. The minimum Gasteiger partial charge on any atom is -0.250 e. The second-order valence-corrected chi connectivity index (χ2v) is 5.77. The number of aromatic amines is 1. The van der Waals surface area contributed by atoms with Gasteiger partial charge in [-0.3, -0.25) is 0 Å². The largest absolute Gasteiger partial charge is 0.250 e. The summed E-state index contributed by atoms with van der Waals surface area (Å²) in [5, 5.41) is 14.0. The Morgan fingerprint density at radius 3 is 2.50 bits per heavy atom. The van der Waals surface area contributed by atoms with Crippen LogP contribution in [0, 0.1) is 4.77 Å². The van der Waals surface area contributed by atoms with Gasteiger partial charge in [0.25, 0.3) is 0 Å². The first kappa shape index (κ1) is 14.5. The first-order valence-electron chi connectivity index (χ1n) is 7.57. The Morgan fingerprint density at radius 1 is 0.917 bits per heavy atom. The van der Waals surface area contributed by atoms with Crippen LogP contribution in [0.5, 0.6) is 0 Å². The second kappa shape index (κ2) is 6.22. The van der Waals surface area contributed by atoms with E-state index in [1.165, 1.54) is 10.8 Å². The van der Waals surface area contributed by atoms with Crippen molar-refractivity contribution < 1.29 is 0 Å². The Kier molecular flexibility index (Phi) is 3.76. The average Bonchev–Trinajstić information content (AvgIpc) is 3.01. The molecular formula is C19H14N4S. The van der Waals surface area contributed by atoms with Crippen LogP contribution >= 0.6 is 12.2 Å². The van der Waals surface area contributed by atoms with E-state index in [2.05, 4.69) is 39.6 Å². The Labute approximate surface area is 144 Å². The summed E-state index contributed by atoms with van der Waals surface area (Å²) in [6.07, 6.45) is 1.80. The lowest BCUT2D eigenvalue weighted by atomic mass is 10.1. The molecular weight excluding hydrogens is 316 g/mol. The van der Waals surface area contributed by atoms with Gasteiger partial charge >= 0.3 is 0 Å². The van der Waals surface area contributed by atoms with Gasteiger partial charge in [0.2, 0.25) is 4.77 Å². The molecule has 5 heteroatoms. The minimum atomic E-state index is 0.464. The molecule has 4 aromatic rings. The number of benzene rings is 3. The summed E-state index contributed by atoms with van der Waals surface area (Å²) in [6, 6.07) is 24.3. The molecule has 0 radical (unpaired) electrons. The van der Waals surface area contributed by atoms with Gasteiger partial charge in [0.15, 0.2) is 5.82 Å². The fraction of sp³-hybridized carbons (Fsp3) is 0. The molecule has 3 aromatic carbocycles. The molecule has 116 valence electrons. The minimum absolute atomic E-state index is 0.464. The summed E-state index contributed by atoms with van der Waals surface area (Å²) in [5.74, 6) is 0.692. The summed E-state index contributed by atoms with van der Waals surface area (Å²) in [6.45, 7) is 0. The number of fused-ring (bicyclic) bond motifs is 1. The molecule has 0 aliphatic rings. The average molecular weight is 330 g/mol. The smallest absolute Gasteiger partial charge is 0.216 e. The summed E-state index contributed by atoms with van der Waals surface area (Å²) in [7, 11) is 0. The molecule has 0 saturated carbocycles. The molecule has 1 aromatic heterocycles. The molecule has 24 heavy (non-hydrogen) atoms. The summed E-state index contributed by atoms with van der Waals surface area (Å²) >= 11 is 5.30. The van der Waals surface area contributed by atoms with E-state index in [4.69, 9.17) is 12.2 Å². The lowest BCUT2D eigenvalue weighted by Crippen LogP contribution is -1.95. The van der Waals surface area contributed by atoms with Crippen molar-refractivity contribution in [3.05, 3.63) is 83.1 Å². The second-order valence-electron chi connectivity index (χ2n) is 5.38. The third-order valence-corrected chi connectivity index (χ3v) is 4.04. The molecule has 0 aliphatic heterocycles. The molecule has 0 unspecified atom stereocenters. The molecule has 1 N–H and O–H groups in total. The molecule has 0 fully saturated rings. The van der Waals surface area contributed by atoms with Crippen molar-refractivity contribution in [2.75, 3.05) is 0 Å². The van der Waals surface area contributed by atoms with E-state index >= 15 is 0 Å². The fourth-order valence-corrected chi connectivity index (χ4v) is 2.76. The number of H-pyrrole nitrogens is 1. The normalized spacial score (nSPS) is 11.3. The molecule has 0 atom stereocenters. The molecule has 4 rings (SSSR count). The highest BCUT2D eigenvalue weighted by atomic mass is 32.1. The number of nitrogens with one attached hydrogen (secondary N) is 1. The Morgan fingerprint density at radius 2 is 1.67 bits per heavy atom. The van der Waals surface area contributed by atoms with Crippen LogP contribution in [0.4, 0.5) is 0 Å². The third-order valence-electron chi connectivity index (χ3n) is 3.78. The van der Waals surface area contributed by atoms with Crippen molar-refractivity contribution in [3.63, 3.8) is 0 Å². The Bertz CT molecular complexity index is 1080. The molecule has 0 aliphatic carbocycles. The van der Waals surface area contributed by atoms with Crippen molar-refractivity contribution in [1.82, 2.24) is 14.9 Å². The van der Waals surface area contributed by atoms with Crippen molar-refractivity contribution in [1.29, 1.82) is 0 Å². The topological polar surface area (TPSA) is 46.0 Å². The first-order chi connectivity index (χ1) is 11.8. The lowest BCUT2D eigenvalue weighted by Gasteiger charge is -2.01. The SMILES string of the molecule is S=c1[nH]nc(-c2ccccc2)n1N=Cc1ccc2ccccc2c1. The molecule has 0 saturated heterocycles. The molecule has 0 spiro atoms. The maximum atomic E-state index is 5.30. The van der Waals surface area contributed by atoms with E-state index < -0.39 is 0 Å². The van der Waals surface area contributed by atoms with E-state index in [1.54, 1.807) is 10.9 Å². The maximum Gasteiger partial charge on any atom is 0.216 e. The van der Waals surface area contributed by atoms with Crippen LogP contribution in [0.15, 0.2) is 77.9 Å². The van der Waals surface area contributed by atoms with Gasteiger partial charge in [0, 0.05) is 5.56 Å². The van der Waals surface area contributed by atoms with Gasteiger partial charge in [-0.05, 0) is 34.6 Å². The number of nitrogens with zero attached hydrogens (tertiary/aromatic N) is 3. The van der Waals surface area contributed by atoms with Crippen LogP contribution in [0.3, 0.4) is 0 Å². The molecule has 1 heterocycles. The number of hydrogen-bond acceptors (Lipinski definition) is 3. The van der Waals surface area contributed by atoms with Gasteiger partial charge in [-0.2, -0.15) is 14.9 Å². The van der Waals surface area contributed by atoms with Gasteiger partial charge in [-0.1, -0.05) is 66.7 Å². The van der Waals surface area contributed by atoms with Crippen molar-refractivity contribution >= 4 is 29.2 Å². The van der Waals surface area contributed by atoms with Crippen LogP contribution in [-0.2, 0) is 0 Å². The lowest BCUT2D eigenvalue weighted by molar-refractivity contribution is 0.871. The predicted octanol–water partition coefficient (Wildman–Crippen LogP) is 4.64. The number of hydrogen-bond donors (Lipinski definition) is 1. The van der Waals surface area contributed by atoms with Gasteiger partial charge in [-0.25, -0.2) is 5.10 Å². The van der Waals surface area contributed by atoms with E-state index in [0.29, 0.717) is 10.6 Å². The van der Waals surface area contributed by atoms with Crippen molar-refractivity contribution in [2.24, 2.45) is 5.10 Å². The Hall–Kier alpha value is -3.05. The highest BCUT2D eigenvalue weighted by Gasteiger charge is 2.07. The van der Waals surface area contributed by atoms with Crippen LogP contribution in [0.2, 0.25) is 0 Å². The number of aromatic nitrogens is 3. The highest BCUT2D eigenvalue weighted by molar-refractivity contribution is 7.71. The van der Waals surface area contributed by atoms with E-state index in [0.717, 1.165) is 11.1 Å². The zero-order valence-electron chi connectivity index (χ0n) is 12.8. The summed E-state index contributed by atoms with van der Waals surface area (Å²) < 4.78 is 2.10. The van der Waals surface area contributed by atoms with Crippen LogP contribution in [0.25, 0.3) is 22.2 Å². The van der Waals surface area contributed by atoms with Crippen molar-refractivity contribution in [2.45, 2.75) is 0 Å². The molecule has 4 nitrogen and oxygen atoms in total. The van der Waals surface area contributed by atoms with Gasteiger partial charge in [0.1, 0.15) is 0 Å². The number of rotatable bonds is 3. The van der Waals surface area contributed by atoms with Crippen LogP contribution in [-0.4, -0.2) is 21.1 Å². The molecule has 0 amide bonds. The zero-order chi connectivity index (χ0) is 16.4. The van der Waals surface area contributed by atoms with E-state index in [9.17, 15) is 0 Å². The van der Waals surface area contributed by atoms with E-state index in [1.807, 2.05) is 48.5 Å². The van der Waals surface area contributed by atoms with Crippen LogP contribution in [0.1, 0.15) is 5.56 Å². The standard InChI is InChI=1S/C19H14N4S/c24-19-22-21-18(16-7-2-1-3-8-16)23(19)20-13-14-10-11-15-6-4-5-9-17(15)12-14/h1-13H,(H,22,24). The van der Waals surface area contributed by atoms with E-state index in [-0.39, 0.29) is 0 Å². The summed E-state index contributed by atoms with van der Waals surface area (Å²) in [4.78, 5) is 0. The van der Waals surface area contributed by atoms with Crippen molar-refractivity contribution in [3.8, 4) is 11.4 Å². The first-order valence-corrected chi connectivity index (χ1v) is 7.98. The highest BCUT2D eigenvalue weighted by Crippen LogP contribution is 2.17. The maximum absolute atomic E-state index is 5.30. The van der Waals surface area contributed by atoms with Gasteiger partial charge in [-0.15, -0.1) is 0 Å². The monoisotopic (exact) mass is 330 g/mol. The predicted molar refractivity (Wildman–Crippen MR) is 99.8 cm³/mol. The fourth-order valence-electron chi connectivity index (χ4n) is 2.59. The van der Waals surface area contributed by atoms with Gasteiger partial charge < -0.3 is 0 Å². The third kappa shape index (κ3) is 2.77. The molecule has 0 bridgehead atoms. The Balaban J connectivity index is 1.73. The zero-order valence-corrected chi connectivity index (χ0v) is 13.6.